The monoisotopic (exact) mass is 489 g/mol. The number of ketones is 1. The number of nitrogens with zero attached hydrogens (tertiary/aromatic N) is 1. The van der Waals surface area contributed by atoms with Crippen molar-refractivity contribution < 1.29 is 22.0 Å². The molecule has 0 saturated carbocycles. The zero-order valence-electron chi connectivity index (χ0n) is 17.3. The van der Waals surface area contributed by atoms with E-state index in [9.17, 15) is 17.6 Å². The third kappa shape index (κ3) is 4.60. The molecule has 10 heteroatoms. The predicted octanol–water partition coefficient (Wildman–Crippen LogP) is 5.54. The van der Waals surface area contributed by atoms with E-state index in [1.807, 2.05) is 4.72 Å². The normalized spacial score (nSPS) is 11.6. The number of carbonyl (C=O) groups excluding carboxylic acids is 1. The van der Waals surface area contributed by atoms with Crippen LogP contribution in [-0.2, 0) is 10.0 Å². The molecule has 170 valence electrons. The fourth-order valence-corrected chi connectivity index (χ4v) is 4.70. The molecule has 2 aromatic heterocycles. The van der Waals surface area contributed by atoms with Gasteiger partial charge in [0.1, 0.15) is 17.2 Å². The fraction of sp³-hybridized carbons (Fsp3) is 0.130. The van der Waals surface area contributed by atoms with Crippen LogP contribution in [-0.4, -0.2) is 29.9 Å². The Hall–Kier alpha value is -3.30. The van der Waals surface area contributed by atoms with E-state index in [0.29, 0.717) is 21.6 Å². The second-order valence-electron chi connectivity index (χ2n) is 7.36. The van der Waals surface area contributed by atoms with Crippen molar-refractivity contribution >= 4 is 44.1 Å². The first-order chi connectivity index (χ1) is 15.7. The number of pyridine rings is 1. The molecule has 2 aromatic carbocycles. The Balaban J connectivity index is 1.77. The van der Waals surface area contributed by atoms with Crippen molar-refractivity contribution in [2.45, 2.75) is 13.3 Å². The van der Waals surface area contributed by atoms with Gasteiger partial charge in [-0.25, -0.2) is 22.2 Å². The molecule has 6 nitrogen and oxygen atoms in total. The number of carbonyl (C=O) groups is 1. The summed E-state index contributed by atoms with van der Waals surface area (Å²) in [7, 11) is -3.97. The first-order valence-corrected chi connectivity index (χ1v) is 12.0. The molecular formula is C23H18ClF2N3O3S. The van der Waals surface area contributed by atoms with Crippen molar-refractivity contribution in [3.63, 3.8) is 0 Å². The van der Waals surface area contributed by atoms with Gasteiger partial charge in [-0.1, -0.05) is 30.7 Å². The van der Waals surface area contributed by atoms with Gasteiger partial charge in [0.2, 0.25) is 10.0 Å². The minimum Gasteiger partial charge on any atom is -0.345 e. The molecule has 2 heterocycles. The molecule has 0 atom stereocenters. The van der Waals surface area contributed by atoms with Gasteiger partial charge in [0, 0.05) is 33.9 Å². The molecule has 4 aromatic rings. The SMILES string of the molecule is CCCS(=O)(=O)Nc1c(F)ccc(C(=O)c2c[nH]c3ncc(-c4ccc(Cl)cc4)cc23)c1F. The molecule has 0 unspecified atom stereocenters. The number of nitrogens with one attached hydrogen (secondary N) is 2. The highest BCUT2D eigenvalue weighted by Gasteiger charge is 2.24. The lowest BCUT2D eigenvalue weighted by Crippen LogP contribution is -2.19. The smallest absolute Gasteiger partial charge is 0.232 e. The standard InChI is InChI=1S/C23H18ClF2N3O3S/c1-2-9-33(31,32)29-21-19(25)8-7-16(20(21)26)22(30)18-12-28-23-17(18)10-14(11-27-23)13-3-5-15(24)6-4-13/h3-8,10-12,29H,2,9H2,1H3,(H,27,28). The largest absolute Gasteiger partial charge is 0.345 e. The molecular weight excluding hydrogens is 472 g/mol. The summed E-state index contributed by atoms with van der Waals surface area (Å²) in [6.07, 6.45) is 3.26. The fourth-order valence-electron chi connectivity index (χ4n) is 3.43. The van der Waals surface area contributed by atoms with Gasteiger partial charge < -0.3 is 4.98 Å². The highest BCUT2D eigenvalue weighted by molar-refractivity contribution is 7.92. The lowest BCUT2D eigenvalue weighted by molar-refractivity contribution is 0.103. The van der Waals surface area contributed by atoms with Crippen LogP contribution in [0.15, 0.2) is 54.9 Å². The first-order valence-electron chi connectivity index (χ1n) is 9.96. The number of fused-ring (bicyclic) bond motifs is 1. The molecule has 0 amide bonds. The zero-order valence-corrected chi connectivity index (χ0v) is 18.9. The van der Waals surface area contributed by atoms with Gasteiger partial charge in [-0.3, -0.25) is 9.52 Å². The summed E-state index contributed by atoms with van der Waals surface area (Å²) >= 11 is 5.94. The van der Waals surface area contributed by atoms with E-state index in [1.54, 1.807) is 43.5 Å². The Morgan fingerprint density at radius 3 is 2.52 bits per heavy atom. The maximum atomic E-state index is 15.1. The average molecular weight is 490 g/mol. The van der Waals surface area contributed by atoms with Crippen molar-refractivity contribution in [3.8, 4) is 11.1 Å². The third-order valence-corrected chi connectivity index (χ3v) is 6.73. The van der Waals surface area contributed by atoms with Crippen LogP contribution in [0.1, 0.15) is 29.3 Å². The van der Waals surface area contributed by atoms with E-state index in [4.69, 9.17) is 11.6 Å². The molecule has 0 saturated heterocycles. The van der Waals surface area contributed by atoms with E-state index in [2.05, 4.69) is 9.97 Å². The summed E-state index contributed by atoms with van der Waals surface area (Å²) in [5, 5.41) is 1.01. The number of sulfonamides is 1. The Bertz CT molecular complexity index is 1470. The Kier molecular flexibility index (Phi) is 6.18. The summed E-state index contributed by atoms with van der Waals surface area (Å²) < 4.78 is 55.3. The van der Waals surface area contributed by atoms with E-state index < -0.39 is 38.7 Å². The van der Waals surface area contributed by atoms with Crippen LogP contribution in [0.5, 0.6) is 0 Å². The molecule has 33 heavy (non-hydrogen) atoms. The summed E-state index contributed by atoms with van der Waals surface area (Å²) in [6.45, 7) is 1.62. The van der Waals surface area contributed by atoms with Crippen LogP contribution in [0.3, 0.4) is 0 Å². The summed E-state index contributed by atoms with van der Waals surface area (Å²) in [6, 6.07) is 10.6. The maximum Gasteiger partial charge on any atom is 0.232 e. The van der Waals surface area contributed by atoms with Crippen LogP contribution < -0.4 is 4.72 Å². The predicted molar refractivity (Wildman–Crippen MR) is 124 cm³/mol. The van der Waals surface area contributed by atoms with Gasteiger partial charge in [0.05, 0.1) is 11.3 Å². The molecule has 2 N–H and O–H groups in total. The molecule has 0 bridgehead atoms. The van der Waals surface area contributed by atoms with Crippen molar-refractivity contribution in [1.29, 1.82) is 0 Å². The van der Waals surface area contributed by atoms with Gasteiger partial charge in [-0.2, -0.15) is 0 Å². The van der Waals surface area contributed by atoms with Crippen LogP contribution in [0.25, 0.3) is 22.2 Å². The topological polar surface area (TPSA) is 91.9 Å². The second-order valence-corrected chi connectivity index (χ2v) is 9.64. The van der Waals surface area contributed by atoms with Crippen molar-refractivity contribution in [3.05, 3.63) is 82.6 Å². The van der Waals surface area contributed by atoms with Gasteiger partial charge in [0.25, 0.3) is 0 Å². The van der Waals surface area contributed by atoms with E-state index in [-0.39, 0.29) is 17.7 Å². The summed E-state index contributed by atoms with van der Waals surface area (Å²) in [5.41, 5.74) is 0.690. The van der Waals surface area contributed by atoms with Gasteiger partial charge in [-0.05, 0) is 42.3 Å². The van der Waals surface area contributed by atoms with Crippen LogP contribution in [0, 0.1) is 11.6 Å². The number of anilines is 1. The van der Waals surface area contributed by atoms with Gasteiger partial charge in [0.15, 0.2) is 11.6 Å². The summed E-state index contributed by atoms with van der Waals surface area (Å²) in [5.74, 6) is -3.46. The highest BCUT2D eigenvalue weighted by atomic mass is 35.5. The number of benzene rings is 2. The molecule has 0 aliphatic carbocycles. The van der Waals surface area contributed by atoms with Gasteiger partial charge in [-0.15, -0.1) is 0 Å². The van der Waals surface area contributed by atoms with E-state index in [0.717, 1.165) is 17.7 Å². The Morgan fingerprint density at radius 1 is 1.09 bits per heavy atom. The minimum absolute atomic E-state index is 0.112. The number of aromatic nitrogens is 2. The molecule has 0 aliphatic rings. The minimum atomic E-state index is -3.97. The first kappa shape index (κ1) is 22.9. The van der Waals surface area contributed by atoms with E-state index >= 15 is 4.39 Å². The third-order valence-electron chi connectivity index (χ3n) is 5.02. The molecule has 0 aliphatic heterocycles. The average Bonchev–Trinajstić information content (AvgIpc) is 3.20. The van der Waals surface area contributed by atoms with Crippen LogP contribution in [0.2, 0.25) is 5.02 Å². The second kappa shape index (κ2) is 8.92. The number of hydrogen-bond acceptors (Lipinski definition) is 4. The van der Waals surface area contributed by atoms with Crippen LogP contribution in [0.4, 0.5) is 14.5 Å². The van der Waals surface area contributed by atoms with E-state index in [1.165, 1.54) is 6.20 Å². The van der Waals surface area contributed by atoms with Crippen molar-refractivity contribution in [1.82, 2.24) is 9.97 Å². The number of hydrogen-bond donors (Lipinski definition) is 2. The maximum absolute atomic E-state index is 15.1. The number of halogens is 3. The zero-order chi connectivity index (χ0) is 23.8. The number of rotatable bonds is 7. The molecule has 0 radical (unpaired) electrons. The van der Waals surface area contributed by atoms with Crippen molar-refractivity contribution in [2.24, 2.45) is 0 Å². The molecule has 0 spiro atoms. The lowest BCUT2D eigenvalue weighted by atomic mass is 10.00. The number of aromatic amines is 1. The Morgan fingerprint density at radius 2 is 1.82 bits per heavy atom. The van der Waals surface area contributed by atoms with Gasteiger partial charge >= 0.3 is 0 Å². The Labute approximate surface area is 193 Å². The van der Waals surface area contributed by atoms with Crippen LogP contribution >= 0.6 is 11.6 Å². The number of H-pyrrole nitrogens is 1. The van der Waals surface area contributed by atoms with Crippen molar-refractivity contribution in [2.75, 3.05) is 10.5 Å². The quantitative estimate of drug-likeness (QED) is 0.333. The molecule has 4 rings (SSSR count). The lowest BCUT2D eigenvalue weighted by Gasteiger charge is -2.11. The summed E-state index contributed by atoms with van der Waals surface area (Å²) in [4.78, 5) is 20.4. The molecule has 0 fully saturated rings. The highest BCUT2D eigenvalue weighted by Crippen LogP contribution is 2.30.